The molecular formula is C60H71FN8O8S. The number of H-pyrrole nitrogens is 1. The number of nitro groups is 1. The number of aliphatic hydroxyl groups is 1. The van der Waals surface area contributed by atoms with Crippen molar-refractivity contribution in [3.63, 3.8) is 0 Å². The summed E-state index contributed by atoms with van der Waals surface area (Å²) in [5.41, 5.74) is 5.56. The molecule has 4 N–H and O–H groups in total. The van der Waals surface area contributed by atoms with Crippen molar-refractivity contribution in [1.82, 2.24) is 24.5 Å². The molecule has 16 nitrogen and oxygen atoms in total. The highest BCUT2D eigenvalue weighted by Gasteiger charge is 2.50. The van der Waals surface area contributed by atoms with Crippen LogP contribution in [0.3, 0.4) is 0 Å². The van der Waals surface area contributed by atoms with Gasteiger partial charge in [0.15, 0.2) is 0 Å². The van der Waals surface area contributed by atoms with Gasteiger partial charge in [-0.3, -0.25) is 24.7 Å². The van der Waals surface area contributed by atoms with E-state index in [-0.39, 0.29) is 45.5 Å². The molecule has 2 aromatic heterocycles. The fourth-order valence-electron chi connectivity index (χ4n) is 12.8. The predicted octanol–water partition coefficient (Wildman–Crippen LogP) is 11.2. The number of carbonyl (C=O) groups excluding carboxylic acids is 1. The van der Waals surface area contributed by atoms with Gasteiger partial charge in [-0.05, 0) is 153 Å². The molecule has 1 atom stereocenters. The number of halogens is 1. The number of rotatable bonds is 17. The molecular weight excluding hydrogens is 1010 g/mol. The molecule has 3 aliphatic carbocycles. The van der Waals surface area contributed by atoms with Crippen LogP contribution in [0.4, 0.5) is 21.5 Å². The number of amides is 1. The van der Waals surface area contributed by atoms with Crippen molar-refractivity contribution in [1.29, 1.82) is 0 Å². The maximum absolute atomic E-state index is 14.8. The second kappa shape index (κ2) is 21.6. The summed E-state index contributed by atoms with van der Waals surface area (Å²) in [7, 11) is -2.86. The van der Waals surface area contributed by atoms with Crippen molar-refractivity contribution in [2.45, 2.75) is 126 Å². The van der Waals surface area contributed by atoms with Crippen molar-refractivity contribution >= 4 is 44.0 Å². The topological polar surface area (TPSA) is 195 Å². The van der Waals surface area contributed by atoms with Gasteiger partial charge in [0, 0.05) is 81.9 Å². The monoisotopic (exact) mass is 1080 g/mol. The van der Waals surface area contributed by atoms with Gasteiger partial charge in [0.05, 0.1) is 39.7 Å². The Morgan fingerprint density at radius 1 is 0.936 bits per heavy atom. The van der Waals surface area contributed by atoms with Crippen LogP contribution in [-0.2, 0) is 16.6 Å². The summed E-state index contributed by atoms with van der Waals surface area (Å²) < 4.78 is 56.8. The van der Waals surface area contributed by atoms with E-state index in [1.807, 2.05) is 0 Å². The molecule has 4 heterocycles. The Morgan fingerprint density at radius 2 is 1.71 bits per heavy atom. The highest BCUT2D eigenvalue weighted by molar-refractivity contribution is 7.90. The maximum atomic E-state index is 14.8. The van der Waals surface area contributed by atoms with Crippen LogP contribution in [-0.4, -0.2) is 102 Å². The van der Waals surface area contributed by atoms with E-state index in [2.05, 4.69) is 91.0 Å². The molecule has 2 saturated heterocycles. The molecule has 18 heteroatoms. The van der Waals surface area contributed by atoms with Crippen LogP contribution in [0.1, 0.15) is 135 Å². The third kappa shape index (κ3) is 11.3. The number of hydrogen-bond acceptors (Lipinski definition) is 13. The summed E-state index contributed by atoms with van der Waals surface area (Å²) in [5.74, 6) is 0.812. The Morgan fingerprint density at radius 3 is 2.44 bits per heavy atom. The van der Waals surface area contributed by atoms with Crippen molar-refractivity contribution in [2.24, 2.45) is 11.3 Å². The van der Waals surface area contributed by atoms with E-state index in [9.17, 15) is 32.8 Å². The van der Waals surface area contributed by atoms with Crippen LogP contribution in [0.2, 0.25) is 0 Å². The van der Waals surface area contributed by atoms with Crippen molar-refractivity contribution < 1.29 is 37.1 Å². The summed E-state index contributed by atoms with van der Waals surface area (Å²) in [6.07, 6.45) is 12.0. The van der Waals surface area contributed by atoms with Crippen molar-refractivity contribution in [3.8, 4) is 17.2 Å². The van der Waals surface area contributed by atoms with Crippen molar-refractivity contribution in [3.05, 3.63) is 141 Å². The van der Waals surface area contributed by atoms with Crippen LogP contribution in [0.25, 0.3) is 11.0 Å². The predicted molar refractivity (Wildman–Crippen MR) is 299 cm³/mol. The molecule has 5 fully saturated rings. The maximum Gasteiger partial charge on any atom is 0.293 e. The quantitative estimate of drug-likeness (QED) is 0.0498. The number of ether oxygens (including phenoxy) is 2. The van der Waals surface area contributed by atoms with E-state index in [0.29, 0.717) is 42.9 Å². The normalized spacial score (nSPS) is 22.1. The van der Waals surface area contributed by atoms with E-state index in [4.69, 9.17) is 9.47 Å². The number of piperidine rings is 1. The average Bonchev–Trinajstić information content (AvgIpc) is 4.32. The molecule has 0 radical (unpaired) electrons. The minimum atomic E-state index is -4.65. The Balaban J connectivity index is 0.782. The summed E-state index contributed by atoms with van der Waals surface area (Å²) in [6.45, 7) is 12.1. The molecule has 6 aromatic rings. The molecule has 5 aliphatic rings. The van der Waals surface area contributed by atoms with E-state index in [1.165, 1.54) is 71.8 Å². The van der Waals surface area contributed by atoms with Gasteiger partial charge in [0.2, 0.25) is 0 Å². The van der Waals surface area contributed by atoms with Gasteiger partial charge in [-0.15, -0.1) is 0 Å². The summed E-state index contributed by atoms with van der Waals surface area (Å²) >= 11 is 0. The zero-order valence-corrected chi connectivity index (χ0v) is 45.8. The average molecular weight is 1080 g/mol. The number of benzene rings is 4. The number of nitrogens with one attached hydrogen (secondary N) is 3. The molecule has 11 rings (SSSR count). The second-order valence-electron chi connectivity index (χ2n) is 23.4. The fourth-order valence-corrected chi connectivity index (χ4v) is 13.8. The molecule has 78 heavy (non-hydrogen) atoms. The number of aromatic nitrogens is 2. The first-order chi connectivity index (χ1) is 37.4. The smallest absolute Gasteiger partial charge is 0.293 e. The van der Waals surface area contributed by atoms with Gasteiger partial charge in [0.25, 0.3) is 21.6 Å². The van der Waals surface area contributed by atoms with Gasteiger partial charge in [0.1, 0.15) is 34.4 Å². The third-order valence-electron chi connectivity index (χ3n) is 17.6. The van der Waals surface area contributed by atoms with Crippen molar-refractivity contribution in [2.75, 3.05) is 56.6 Å². The standard InChI is InChI=1S/C60H71FN8O8S/c1-38(2)46-7-5-6-8-48(46)54-37-66(36-40-9-14-47(41-10-11-41)55(27-40)76-4)25-26-68(54)43-31-60(32-43)21-23-67(24-22-60)42-12-15-49(56(28-42)77-44-29-50-51(61)35-64-57(50)63-34-44)58(70)65-78(74,75)45-13-16-52(53(30-45)69(72)73)62-33-39-17-19-59(3,71)20-18-39/h5-9,12-16,27-30,34-35,38-39,41,43,54,62,71H,10-11,17-26,31-33,36-37H2,1-4H3,(H,63,64)(H,65,70)/t39-,54-,59-/m0/s1. The number of aromatic amines is 1. The second-order valence-corrected chi connectivity index (χ2v) is 25.0. The Labute approximate surface area is 455 Å². The Bertz CT molecular complexity index is 3320. The number of anilines is 2. The number of carbonyl (C=O) groups is 1. The number of fused-ring (bicyclic) bond motifs is 1. The lowest BCUT2D eigenvalue weighted by molar-refractivity contribution is -0.384. The minimum absolute atomic E-state index is 0.0253. The van der Waals surface area contributed by atoms with Crippen LogP contribution >= 0.6 is 0 Å². The molecule has 0 unspecified atom stereocenters. The largest absolute Gasteiger partial charge is 0.496 e. The highest BCUT2D eigenvalue weighted by atomic mass is 32.2. The molecule has 1 spiro atoms. The molecule has 3 saturated carbocycles. The number of nitro benzene ring substituents is 1. The minimum Gasteiger partial charge on any atom is -0.496 e. The molecule has 0 bridgehead atoms. The zero-order chi connectivity index (χ0) is 54.5. The first kappa shape index (κ1) is 53.4. The fraction of sp³-hybridized carbons (Fsp3) is 0.467. The van der Waals surface area contributed by atoms with Gasteiger partial charge in [-0.1, -0.05) is 50.2 Å². The van der Waals surface area contributed by atoms with E-state index < -0.39 is 42.9 Å². The SMILES string of the molecule is COc1cc(CN2CCN(C3CC4(CCN(c5ccc(C(=O)NS(=O)(=O)c6ccc(NC[C@H]7CC[C@](C)(O)CC7)c([N+](=O)[O-])c6)c(Oc6cnc7[nH]cc(F)c7c6)c5)CC4)C3)[C@H](c3ccccc3C(C)C)C2)ccc1C1CC1. The van der Waals surface area contributed by atoms with E-state index >= 15 is 0 Å². The Hall–Kier alpha value is -6.60. The van der Waals surface area contributed by atoms with Crippen LogP contribution < -0.4 is 24.4 Å². The molecule has 4 aromatic carbocycles. The summed E-state index contributed by atoms with van der Waals surface area (Å²) in [5, 5.41) is 25.9. The van der Waals surface area contributed by atoms with Crippen LogP contribution in [0.5, 0.6) is 17.2 Å². The molecule has 2 aliphatic heterocycles. The van der Waals surface area contributed by atoms with Gasteiger partial charge < -0.3 is 29.8 Å². The zero-order valence-electron chi connectivity index (χ0n) is 45.0. The van der Waals surface area contributed by atoms with E-state index in [1.54, 1.807) is 26.2 Å². The first-order valence-electron chi connectivity index (χ1n) is 27.7. The Kier molecular flexibility index (Phi) is 14.8. The number of nitrogens with zero attached hydrogens (tertiary/aromatic N) is 5. The third-order valence-corrected chi connectivity index (χ3v) is 18.9. The number of hydrogen-bond donors (Lipinski definition) is 4. The summed E-state index contributed by atoms with van der Waals surface area (Å²) in [6, 6.07) is 26.5. The molecule has 412 valence electrons. The van der Waals surface area contributed by atoms with Gasteiger partial charge in [-0.2, -0.15) is 0 Å². The highest BCUT2D eigenvalue weighted by Crippen LogP contribution is 2.54. The number of methoxy groups -OCH3 is 1. The lowest BCUT2D eigenvalue weighted by atomic mass is 9.59. The van der Waals surface area contributed by atoms with E-state index in [0.717, 1.165) is 95.3 Å². The van der Waals surface area contributed by atoms with Crippen LogP contribution in [0, 0.1) is 27.3 Å². The first-order valence-corrected chi connectivity index (χ1v) is 29.2. The number of pyridine rings is 1. The summed E-state index contributed by atoms with van der Waals surface area (Å²) in [4.78, 5) is 40.0. The lowest BCUT2D eigenvalue weighted by Gasteiger charge is -2.58. The number of sulfonamides is 1. The van der Waals surface area contributed by atoms with Gasteiger partial charge >= 0.3 is 0 Å². The van der Waals surface area contributed by atoms with Crippen LogP contribution in [0.15, 0.2) is 102 Å². The lowest BCUT2D eigenvalue weighted by Crippen LogP contribution is -2.60. The molecule has 1 amide bonds. The van der Waals surface area contributed by atoms with Gasteiger partial charge in [-0.25, -0.2) is 22.5 Å². The number of piperazine rings is 1.